The third-order valence-electron chi connectivity index (χ3n) is 4.42. The largest absolute Gasteiger partial charge is 0.388 e. The van der Waals surface area contributed by atoms with E-state index in [1.807, 2.05) is 0 Å². The van der Waals surface area contributed by atoms with Crippen LogP contribution in [0.15, 0.2) is 0 Å². The van der Waals surface area contributed by atoms with Crippen LogP contribution in [0.2, 0.25) is 0 Å². The number of ether oxygens (including phenoxy) is 1. The van der Waals surface area contributed by atoms with E-state index >= 15 is 0 Å². The van der Waals surface area contributed by atoms with E-state index in [1.165, 1.54) is 13.8 Å². The van der Waals surface area contributed by atoms with Crippen LogP contribution in [-0.2, 0) is 13.8 Å². The smallest absolute Gasteiger partial charge is 0.359 e. The molecule has 1 aliphatic rings. The molecule has 1 rings (SSSR count). The number of hydrogen-bond donors (Lipinski definition) is 4. The van der Waals surface area contributed by atoms with Crippen molar-refractivity contribution in [2.45, 2.75) is 75.8 Å². The Morgan fingerprint density at radius 1 is 1.24 bits per heavy atom. The first kappa shape index (κ1) is 19.1. The Morgan fingerprint density at radius 3 is 2.10 bits per heavy atom. The van der Waals surface area contributed by atoms with Crippen molar-refractivity contribution in [3.05, 3.63) is 0 Å². The second-order valence-electron chi connectivity index (χ2n) is 6.09. The van der Waals surface area contributed by atoms with Gasteiger partial charge in [-0.15, -0.1) is 0 Å². The molecule has 4 N–H and O–H groups in total. The van der Waals surface area contributed by atoms with Crippen molar-refractivity contribution in [2.75, 3.05) is 0 Å². The summed E-state index contributed by atoms with van der Waals surface area (Å²) in [6.45, 7) is 6.04. The van der Waals surface area contributed by atoms with Gasteiger partial charge in [-0.3, -0.25) is 9.09 Å². The lowest BCUT2D eigenvalue weighted by atomic mass is 9.88. The van der Waals surface area contributed by atoms with Crippen LogP contribution in [0.5, 0.6) is 0 Å². The van der Waals surface area contributed by atoms with Gasteiger partial charge in [0.2, 0.25) is 0 Å². The Morgan fingerprint density at radius 2 is 1.76 bits per heavy atom. The molecule has 0 saturated carbocycles. The minimum absolute atomic E-state index is 0.0354. The molecule has 0 bridgehead atoms. The molecule has 1 heterocycles. The molecule has 21 heavy (non-hydrogen) atoms. The molecule has 1 aliphatic heterocycles. The number of aliphatic hydroxyl groups is 3. The van der Waals surface area contributed by atoms with Gasteiger partial charge in [-0.2, -0.15) is 0 Å². The zero-order chi connectivity index (χ0) is 16.6. The van der Waals surface area contributed by atoms with Crippen molar-refractivity contribution in [2.24, 2.45) is 0 Å². The van der Waals surface area contributed by atoms with Crippen molar-refractivity contribution < 1.29 is 34.0 Å². The Kier molecular flexibility index (Phi) is 5.71. The summed E-state index contributed by atoms with van der Waals surface area (Å²) < 4.78 is 23.2. The lowest BCUT2D eigenvalue weighted by Gasteiger charge is -2.40. The lowest BCUT2D eigenvalue weighted by molar-refractivity contribution is -0.108. The summed E-state index contributed by atoms with van der Waals surface area (Å²) in [5, 5.41) is 28.0. The summed E-state index contributed by atoms with van der Waals surface area (Å²) in [6, 6.07) is -0.607. The number of hydrogen-bond acceptors (Lipinski definition) is 6. The van der Waals surface area contributed by atoms with Gasteiger partial charge < -0.3 is 24.9 Å². The Balaban J connectivity index is 3.04. The molecule has 0 radical (unpaired) electrons. The van der Waals surface area contributed by atoms with Gasteiger partial charge in [0.25, 0.3) is 0 Å². The first-order valence-corrected chi connectivity index (χ1v) is 8.77. The molecule has 0 aromatic rings. The van der Waals surface area contributed by atoms with Crippen molar-refractivity contribution >= 4 is 15.4 Å². The highest BCUT2D eigenvalue weighted by Gasteiger charge is 2.54. The highest BCUT2D eigenvalue weighted by molar-refractivity contribution is 7.54. The van der Waals surface area contributed by atoms with Gasteiger partial charge in [-0.05, 0) is 26.7 Å². The fourth-order valence-corrected chi connectivity index (χ4v) is 3.65. The molecule has 7 atom stereocenters. The second kappa shape index (κ2) is 6.28. The van der Waals surface area contributed by atoms with Gasteiger partial charge in [0.05, 0.1) is 6.00 Å². The van der Waals surface area contributed by atoms with E-state index in [4.69, 9.17) is 9.26 Å². The fourth-order valence-electron chi connectivity index (χ4n) is 2.25. The standard InChI is InChI=1S/C12H26BO7P/c1-5-11(3,9-7(14)8(15)10(13)19-9)20-21(17,18)12(4,16)6-2/h7-10,14-16H,5-6,13H2,1-4H3,(H,17,18). The van der Waals surface area contributed by atoms with Crippen LogP contribution in [0.25, 0.3) is 0 Å². The number of rotatable bonds is 6. The van der Waals surface area contributed by atoms with Crippen LogP contribution in [0.1, 0.15) is 40.5 Å². The topological polar surface area (TPSA) is 116 Å². The minimum atomic E-state index is -4.37. The maximum Gasteiger partial charge on any atom is 0.359 e. The van der Waals surface area contributed by atoms with Crippen molar-refractivity contribution in [3.63, 3.8) is 0 Å². The van der Waals surface area contributed by atoms with E-state index in [1.54, 1.807) is 21.7 Å². The molecule has 1 fully saturated rings. The average Bonchev–Trinajstić information content (AvgIpc) is 2.66. The van der Waals surface area contributed by atoms with E-state index in [0.717, 1.165) is 0 Å². The molecule has 7 nitrogen and oxygen atoms in total. The minimum Gasteiger partial charge on any atom is -0.388 e. The maximum absolute atomic E-state index is 12.4. The molecule has 0 aromatic heterocycles. The van der Waals surface area contributed by atoms with Gasteiger partial charge in [-0.1, -0.05) is 13.8 Å². The van der Waals surface area contributed by atoms with E-state index in [9.17, 15) is 24.8 Å². The monoisotopic (exact) mass is 324 g/mol. The predicted octanol–water partition coefficient (Wildman–Crippen LogP) is -0.445. The molecule has 0 aromatic carbocycles. The van der Waals surface area contributed by atoms with Crippen molar-refractivity contribution in [1.82, 2.24) is 0 Å². The van der Waals surface area contributed by atoms with Crippen molar-refractivity contribution in [1.29, 1.82) is 0 Å². The van der Waals surface area contributed by atoms with E-state index < -0.39 is 42.9 Å². The number of aliphatic hydroxyl groups excluding tert-OH is 2. The molecule has 124 valence electrons. The summed E-state index contributed by atoms with van der Waals surface area (Å²) in [6.07, 6.45) is -2.97. The van der Waals surface area contributed by atoms with Crippen LogP contribution in [-0.4, -0.2) is 63.3 Å². The summed E-state index contributed by atoms with van der Waals surface area (Å²) in [7, 11) is -2.77. The Labute approximate surface area is 126 Å². The molecule has 0 spiro atoms. The van der Waals surface area contributed by atoms with E-state index in [2.05, 4.69) is 0 Å². The predicted molar refractivity (Wildman–Crippen MR) is 79.7 cm³/mol. The van der Waals surface area contributed by atoms with Gasteiger partial charge in [-0.25, -0.2) is 0 Å². The molecule has 0 amide bonds. The zero-order valence-electron chi connectivity index (χ0n) is 13.2. The first-order chi connectivity index (χ1) is 9.42. The third-order valence-corrected chi connectivity index (χ3v) is 6.62. The molecular formula is C12H26BO7P. The first-order valence-electron chi connectivity index (χ1n) is 7.19. The normalized spacial score (nSPS) is 38.5. The second-order valence-corrected chi connectivity index (χ2v) is 8.28. The lowest BCUT2D eigenvalue weighted by Crippen LogP contribution is -2.49. The molecule has 9 heteroatoms. The highest BCUT2D eigenvalue weighted by Crippen LogP contribution is 2.59. The summed E-state index contributed by atoms with van der Waals surface area (Å²) in [5.41, 5.74) is -1.31. The highest BCUT2D eigenvalue weighted by atomic mass is 31.2. The summed E-state index contributed by atoms with van der Waals surface area (Å²) >= 11 is 0. The van der Waals surface area contributed by atoms with E-state index in [-0.39, 0.29) is 12.8 Å². The zero-order valence-corrected chi connectivity index (χ0v) is 14.1. The van der Waals surface area contributed by atoms with Crippen LogP contribution < -0.4 is 0 Å². The molecular weight excluding hydrogens is 298 g/mol. The quantitative estimate of drug-likeness (QED) is 0.386. The summed E-state index contributed by atoms with van der Waals surface area (Å²) in [4.78, 5) is 10.1. The fraction of sp³-hybridized carbons (Fsp3) is 1.00. The molecule has 1 saturated heterocycles. The molecule has 7 unspecified atom stereocenters. The van der Waals surface area contributed by atoms with Crippen molar-refractivity contribution in [3.8, 4) is 0 Å². The van der Waals surface area contributed by atoms with Crippen LogP contribution in [0, 0.1) is 0 Å². The van der Waals surface area contributed by atoms with Gasteiger partial charge in [0.15, 0.2) is 5.34 Å². The van der Waals surface area contributed by atoms with Crippen LogP contribution >= 0.6 is 7.60 Å². The Hall–Kier alpha value is 0.0549. The summed E-state index contributed by atoms with van der Waals surface area (Å²) in [5.74, 6) is 0. The van der Waals surface area contributed by atoms with Gasteiger partial charge >= 0.3 is 7.60 Å². The molecule has 0 aliphatic carbocycles. The SMILES string of the molecule is BC1OC(C(C)(CC)OP(=O)(O)C(C)(O)CC)C(O)C1O. The third kappa shape index (κ3) is 3.53. The van der Waals surface area contributed by atoms with Gasteiger partial charge in [0, 0.05) is 0 Å². The van der Waals surface area contributed by atoms with E-state index in [0.29, 0.717) is 0 Å². The van der Waals surface area contributed by atoms with Crippen LogP contribution in [0.4, 0.5) is 0 Å². The van der Waals surface area contributed by atoms with Gasteiger partial charge in [0.1, 0.15) is 31.8 Å². The Bertz CT molecular complexity index is 418. The average molecular weight is 324 g/mol. The maximum atomic E-state index is 12.4. The van der Waals surface area contributed by atoms with Crippen LogP contribution in [0.3, 0.4) is 0 Å².